The van der Waals surface area contributed by atoms with Crippen LogP contribution in [-0.4, -0.2) is 23.3 Å². The molecule has 0 saturated heterocycles. The maximum atomic E-state index is 12.3. The molecule has 0 aliphatic heterocycles. The lowest BCUT2D eigenvalue weighted by Gasteiger charge is -2.26. The molecule has 13 aromatic carbocycles. The summed E-state index contributed by atoms with van der Waals surface area (Å²) in [6.07, 6.45) is 3.68. The van der Waals surface area contributed by atoms with Crippen LogP contribution in [0.1, 0.15) is 5.56 Å². The van der Waals surface area contributed by atoms with E-state index in [1.165, 1.54) is 43.1 Å². The van der Waals surface area contributed by atoms with Crippen LogP contribution in [0.25, 0.3) is 166 Å². The van der Waals surface area contributed by atoms with Crippen molar-refractivity contribution in [3.63, 3.8) is 0 Å². The Morgan fingerprint density at radius 3 is 0.622 bits per heavy atom. The van der Waals surface area contributed by atoms with Crippen molar-refractivity contribution in [3.05, 3.63) is 321 Å². The molecule has 6 heteroatoms. The van der Waals surface area contributed by atoms with Crippen LogP contribution in [0.3, 0.4) is 0 Å². The maximum Gasteiger partial charge on any atom is 0.100 e. The zero-order chi connectivity index (χ0) is 59.4. The molecule has 0 aliphatic rings. The highest BCUT2D eigenvalue weighted by molar-refractivity contribution is 6.14. The van der Waals surface area contributed by atoms with Crippen molar-refractivity contribution in [1.29, 1.82) is 5.26 Å². The molecule has 418 valence electrons. The molecule has 18 rings (SSSR count). The van der Waals surface area contributed by atoms with Crippen LogP contribution in [-0.2, 0) is 0 Å². The van der Waals surface area contributed by atoms with Gasteiger partial charge in [-0.3, -0.25) is 4.98 Å². The smallest absolute Gasteiger partial charge is 0.100 e. The quantitative estimate of drug-likeness (QED) is 0.145. The number of aromatic nitrogens is 5. The number of nitriles is 1. The minimum absolute atomic E-state index is 0.569. The SMILES string of the molecule is N#Cc1c(-c2ccncc2)c(-c2ccc(-n3c4ccccc4c4ccccc43)cc2)c(-c2ccc(-n3c4ccccc4c4ccccc43)cc2)c(-c2ccc(-n3c4ccccc4c4ccccc43)cc2)c1-c1ccc(-n2c3ccccc3c3ccccc32)cc1. The van der Waals surface area contributed by atoms with Crippen LogP contribution in [0.15, 0.2) is 316 Å². The summed E-state index contributed by atoms with van der Waals surface area (Å²) in [4.78, 5) is 4.57. The Morgan fingerprint density at radius 2 is 0.400 bits per heavy atom. The highest BCUT2D eigenvalue weighted by atomic mass is 15.0. The van der Waals surface area contributed by atoms with Crippen molar-refractivity contribution >= 4 is 87.2 Å². The van der Waals surface area contributed by atoms with E-state index < -0.39 is 0 Å². The summed E-state index contributed by atoms with van der Waals surface area (Å²) in [7, 11) is 0. The standard InChI is InChI=1S/C84H52N6/c85-53-71-80(54-33-41-59(42-34-54)87-72-25-9-1-17-63(72)64-18-2-10-26-73(64)87)82(55-35-43-60(44-36-55)88-74-27-11-3-19-65(74)66-20-4-12-28-75(66)88)84(57-39-47-62(48-40-57)90-78-31-15-7-23-69(78)70-24-8-16-32-79(70)90)83(81(71)58-49-51-86-52-50-58)56-37-45-61(46-38-56)89-76-29-13-5-21-67(76)68-22-6-14-30-77(68)89/h1-52H. The molecule has 0 amide bonds. The van der Waals surface area contributed by atoms with Crippen molar-refractivity contribution in [2.45, 2.75) is 0 Å². The number of hydrogen-bond donors (Lipinski definition) is 0. The number of benzene rings is 13. The average molecular weight is 1150 g/mol. The maximum absolute atomic E-state index is 12.3. The van der Waals surface area contributed by atoms with Crippen molar-refractivity contribution in [2.75, 3.05) is 0 Å². The molecule has 0 radical (unpaired) electrons. The van der Waals surface area contributed by atoms with Gasteiger partial charge in [0.1, 0.15) is 6.07 Å². The topological polar surface area (TPSA) is 56.4 Å². The molecular weight excluding hydrogens is 1090 g/mol. The number of para-hydroxylation sites is 8. The Hall–Kier alpha value is -12.3. The van der Waals surface area contributed by atoms with Gasteiger partial charge in [-0.25, -0.2) is 0 Å². The summed E-state index contributed by atoms with van der Waals surface area (Å²) in [6, 6.07) is 112. The Kier molecular flexibility index (Phi) is 11.6. The van der Waals surface area contributed by atoms with E-state index in [9.17, 15) is 5.26 Å². The fourth-order valence-electron chi connectivity index (χ4n) is 14.7. The third-order valence-electron chi connectivity index (χ3n) is 18.6. The van der Waals surface area contributed by atoms with Crippen LogP contribution in [0.2, 0.25) is 0 Å². The number of pyridine rings is 1. The van der Waals surface area contributed by atoms with E-state index in [-0.39, 0.29) is 0 Å². The van der Waals surface area contributed by atoms with E-state index in [4.69, 9.17) is 0 Å². The van der Waals surface area contributed by atoms with Crippen LogP contribution in [0.5, 0.6) is 0 Å². The zero-order valence-corrected chi connectivity index (χ0v) is 48.7. The second kappa shape index (κ2) is 20.4. The fraction of sp³-hybridized carbons (Fsp3) is 0. The van der Waals surface area contributed by atoms with Gasteiger partial charge in [-0.05, 0) is 154 Å². The molecule has 18 aromatic rings. The highest BCUT2D eigenvalue weighted by Crippen LogP contribution is 2.54. The van der Waals surface area contributed by atoms with Crippen molar-refractivity contribution in [3.8, 4) is 84.5 Å². The van der Waals surface area contributed by atoms with Crippen molar-refractivity contribution < 1.29 is 0 Å². The van der Waals surface area contributed by atoms with E-state index in [0.29, 0.717) is 5.56 Å². The van der Waals surface area contributed by atoms with E-state index in [1.807, 2.05) is 12.4 Å². The molecule has 0 bridgehead atoms. The van der Waals surface area contributed by atoms with Crippen LogP contribution in [0, 0.1) is 11.3 Å². The Bertz CT molecular complexity index is 5720. The van der Waals surface area contributed by atoms with Crippen molar-refractivity contribution in [2.24, 2.45) is 0 Å². The molecule has 0 saturated carbocycles. The lowest BCUT2D eigenvalue weighted by atomic mass is 9.76. The van der Waals surface area contributed by atoms with Gasteiger partial charge in [-0.2, -0.15) is 5.26 Å². The molecule has 0 atom stereocenters. The summed E-state index contributed by atoms with van der Waals surface area (Å²) in [5, 5.41) is 22.0. The molecule has 5 heterocycles. The first-order chi connectivity index (χ1) is 44.7. The summed E-state index contributed by atoms with van der Waals surface area (Å²) < 4.78 is 9.47. The number of rotatable bonds is 9. The molecule has 0 fully saturated rings. The van der Waals surface area contributed by atoms with E-state index in [1.54, 1.807) is 0 Å². The number of fused-ring (bicyclic) bond motifs is 12. The van der Waals surface area contributed by atoms with Gasteiger partial charge in [0.15, 0.2) is 0 Å². The first-order valence-corrected chi connectivity index (χ1v) is 30.6. The van der Waals surface area contributed by atoms with Crippen LogP contribution in [0.4, 0.5) is 0 Å². The van der Waals surface area contributed by atoms with E-state index in [2.05, 4.69) is 333 Å². The van der Waals surface area contributed by atoms with Gasteiger partial charge >= 0.3 is 0 Å². The lowest BCUT2D eigenvalue weighted by molar-refractivity contribution is 1.18. The number of hydrogen-bond acceptors (Lipinski definition) is 2. The summed E-state index contributed by atoms with van der Waals surface area (Å²) in [5.74, 6) is 0. The molecule has 0 aliphatic carbocycles. The first-order valence-electron chi connectivity index (χ1n) is 30.6. The third-order valence-corrected chi connectivity index (χ3v) is 18.6. The van der Waals surface area contributed by atoms with Crippen molar-refractivity contribution in [1.82, 2.24) is 23.3 Å². The Balaban J connectivity index is 0.938. The second-order valence-electron chi connectivity index (χ2n) is 23.3. The predicted octanol–water partition coefficient (Wildman–Crippen LogP) is 21.7. The lowest BCUT2D eigenvalue weighted by Crippen LogP contribution is -2.03. The molecule has 6 nitrogen and oxygen atoms in total. The number of nitrogens with zero attached hydrogens (tertiary/aromatic N) is 6. The monoisotopic (exact) mass is 1140 g/mol. The predicted molar refractivity (Wildman–Crippen MR) is 373 cm³/mol. The summed E-state index contributed by atoms with van der Waals surface area (Å²) in [6.45, 7) is 0. The molecule has 90 heavy (non-hydrogen) atoms. The van der Waals surface area contributed by atoms with Gasteiger partial charge in [0.2, 0.25) is 0 Å². The highest BCUT2D eigenvalue weighted by Gasteiger charge is 2.30. The van der Waals surface area contributed by atoms with Gasteiger partial charge in [-0.1, -0.05) is 194 Å². The first kappa shape index (κ1) is 51.0. The molecule has 0 spiro atoms. The van der Waals surface area contributed by atoms with E-state index in [0.717, 1.165) is 123 Å². The summed E-state index contributed by atoms with van der Waals surface area (Å²) >= 11 is 0. The third kappa shape index (κ3) is 7.73. The largest absolute Gasteiger partial charge is 0.309 e. The normalized spacial score (nSPS) is 11.8. The second-order valence-corrected chi connectivity index (χ2v) is 23.3. The zero-order valence-electron chi connectivity index (χ0n) is 48.7. The molecule has 0 N–H and O–H groups in total. The molecular formula is C84H52N6. The van der Waals surface area contributed by atoms with Gasteiger partial charge < -0.3 is 18.3 Å². The Labute approximate surface area is 518 Å². The minimum Gasteiger partial charge on any atom is -0.309 e. The average Bonchev–Trinajstić information content (AvgIpc) is 1.09. The van der Waals surface area contributed by atoms with Gasteiger partial charge in [-0.15, -0.1) is 0 Å². The van der Waals surface area contributed by atoms with Gasteiger partial charge in [0.25, 0.3) is 0 Å². The summed E-state index contributed by atoms with van der Waals surface area (Å²) in [5.41, 5.74) is 23.2. The van der Waals surface area contributed by atoms with Gasteiger partial charge in [0, 0.05) is 89.4 Å². The molecule has 0 unspecified atom stereocenters. The van der Waals surface area contributed by atoms with E-state index >= 15 is 0 Å². The Morgan fingerprint density at radius 1 is 0.211 bits per heavy atom. The van der Waals surface area contributed by atoms with Crippen LogP contribution >= 0.6 is 0 Å². The minimum atomic E-state index is 0.569. The fourth-order valence-corrected chi connectivity index (χ4v) is 14.7. The van der Waals surface area contributed by atoms with Gasteiger partial charge in [0.05, 0.1) is 49.7 Å². The molecule has 5 aromatic heterocycles. The van der Waals surface area contributed by atoms with Crippen LogP contribution < -0.4 is 0 Å².